The number of hydrogen-bond acceptors (Lipinski definition) is 6. The first-order valence-corrected chi connectivity index (χ1v) is 20.1. The smallest absolute Gasteiger partial charge is 0.268 e. The van der Waals surface area contributed by atoms with Crippen molar-refractivity contribution in [2.45, 2.75) is 76.5 Å². The number of aromatic nitrogens is 3. The van der Waals surface area contributed by atoms with Crippen LogP contribution in [-0.4, -0.2) is 41.7 Å². The standard InChI is InChI=1S/C34H38N4O4SSi/c1-22-7-10-27(11-8-22)43(40,41)38-20-26-13-14-34(39,31-23(2)17-24(3)32(38)30(26)31)33-36-28-12-9-25(19-35)18-29(28)37(33)21-42-15-16-44(4,5)6/h7-12,17-18,20,39H,13-16,21H2,1-6H3. The molecule has 228 valence electrons. The maximum atomic E-state index is 14.0. The molecule has 0 radical (unpaired) electrons. The van der Waals surface area contributed by atoms with Gasteiger partial charge < -0.3 is 14.4 Å². The third-order valence-corrected chi connectivity index (χ3v) is 12.1. The topological polar surface area (TPSA) is 110 Å². The summed E-state index contributed by atoms with van der Waals surface area (Å²) in [6.45, 7) is 13.5. The van der Waals surface area contributed by atoms with Crippen molar-refractivity contribution < 1.29 is 18.3 Å². The van der Waals surface area contributed by atoms with Gasteiger partial charge in [0.2, 0.25) is 0 Å². The molecule has 0 amide bonds. The van der Waals surface area contributed by atoms with Gasteiger partial charge in [0.1, 0.15) is 18.2 Å². The first-order chi connectivity index (χ1) is 20.7. The molecule has 2 aromatic heterocycles. The number of nitriles is 1. The first kappa shape index (κ1) is 30.3. The van der Waals surface area contributed by atoms with E-state index in [0.717, 1.165) is 33.7 Å². The van der Waals surface area contributed by atoms with Crippen molar-refractivity contribution in [2.24, 2.45) is 0 Å². The predicted octanol–water partition coefficient (Wildman–Crippen LogP) is 6.52. The number of rotatable bonds is 8. The molecule has 0 saturated heterocycles. The second-order valence-corrected chi connectivity index (χ2v) is 20.7. The first-order valence-electron chi connectivity index (χ1n) is 14.9. The van der Waals surface area contributed by atoms with Gasteiger partial charge in [0.05, 0.1) is 33.1 Å². The Bertz CT molecular complexity index is 2080. The number of aliphatic hydroxyl groups is 1. The maximum Gasteiger partial charge on any atom is 0.268 e. The number of ether oxygens (including phenoxy) is 1. The molecule has 0 saturated carbocycles. The van der Waals surface area contributed by atoms with E-state index in [4.69, 9.17) is 9.72 Å². The number of aryl methyl sites for hydroxylation is 4. The Balaban J connectivity index is 1.55. The minimum absolute atomic E-state index is 0.178. The zero-order valence-corrected chi connectivity index (χ0v) is 27.9. The van der Waals surface area contributed by atoms with E-state index in [1.807, 2.05) is 31.4 Å². The van der Waals surface area contributed by atoms with Gasteiger partial charge in [-0.25, -0.2) is 17.4 Å². The van der Waals surface area contributed by atoms with Gasteiger partial charge in [-0.15, -0.1) is 0 Å². The van der Waals surface area contributed by atoms with Crippen LogP contribution in [0.15, 0.2) is 59.6 Å². The molecule has 6 rings (SSSR count). The summed E-state index contributed by atoms with van der Waals surface area (Å²) in [5.41, 5.74) is 5.12. The molecule has 1 atom stereocenters. The van der Waals surface area contributed by atoms with Crippen molar-refractivity contribution in [3.63, 3.8) is 0 Å². The van der Waals surface area contributed by atoms with Crippen LogP contribution in [0, 0.1) is 32.1 Å². The summed E-state index contributed by atoms with van der Waals surface area (Å²) < 4.78 is 37.4. The van der Waals surface area contributed by atoms with E-state index in [1.54, 1.807) is 48.7 Å². The molecule has 1 aliphatic rings. The third kappa shape index (κ3) is 4.98. The molecule has 44 heavy (non-hydrogen) atoms. The molecule has 0 fully saturated rings. The van der Waals surface area contributed by atoms with E-state index < -0.39 is 23.7 Å². The fourth-order valence-electron chi connectivity index (χ4n) is 6.42. The number of benzene rings is 3. The maximum absolute atomic E-state index is 14.0. The molecular formula is C34H38N4O4SSi. The highest BCUT2D eigenvalue weighted by Gasteiger charge is 2.44. The van der Waals surface area contributed by atoms with Gasteiger partial charge in [-0.3, -0.25) is 0 Å². The van der Waals surface area contributed by atoms with Crippen LogP contribution in [0.5, 0.6) is 0 Å². The van der Waals surface area contributed by atoms with Crippen LogP contribution in [0.25, 0.3) is 21.9 Å². The second kappa shape index (κ2) is 10.7. The van der Waals surface area contributed by atoms with Crippen molar-refractivity contribution in [3.05, 3.63) is 93.9 Å². The van der Waals surface area contributed by atoms with Gasteiger partial charge in [-0.2, -0.15) is 5.26 Å². The Labute approximate surface area is 259 Å². The molecule has 0 spiro atoms. The SMILES string of the molecule is Cc1ccc(S(=O)(=O)n2cc3c4c(c(C)cc(C)c42)C(O)(c2nc4ccc(C#N)cc4n2COCC[Si](C)(C)C)CC3)cc1. The van der Waals surface area contributed by atoms with Crippen LogP contribution in [-0.2, 0) is 33.5 Å². The van der Waals surface area contributed by atoms with Crippen LogP contribution >= 0.6 is 0 Å². The average Bonchev–Trinajstić information content (AvgIpc) is 3.54. The highest BCUT2D eigenvalue weighted by Crippen LogP contribution is 2.47. The average molecular weight is 627 g/mol. The van der Waals surface area contributed by atoms with Crippen LogP contribution in [0.2, 0.25) is 25.7 Å². The highest BCUT2D eigenvalue weighted by atomic mass is 32.2. The Morgan fingerprint density at radius 1 is 1.07 bits per heavy atom. The summed E-state index contributed by atoms with van der Waals surface area (Å²) in [6.07, 6.45) is 2.50. The Kier molecular flexibility index (Phi) is 7.36. The van der Waals surface area contributed by atoms with Crippen molar-refractivity contribution in [3.8, 4) is 6.07 Å². The monoisotopic (exact) mass is 626 g/mol. The number of nitrogens with zero attached hydrogens (tertiary/aromatic N) is 4. The summed E-state index contributed by atoms with van der Waals surface area (Å²) in [4.78, 5) is 5.17. The van der Waals surface area contributed by atoms with Gasteiger partial charge in [-0.05, 0) is 86.7 Å². The molecule has 8 nitrogen and oxygen atoms in total. The number of fused-ring (bicyclic) bond motifs is 1. The van der Waals surface area contributed by atoms with E-state index in [2.05, 4.69) is 25.7 Å². The lowest BCUT2D eigenvalue weighted by Crippen LogP contribution is -2.35. The normalized spacial score (nSPS) is 17.0. The number of hydrogen-bond donors (Lipinski definition) is 1. The summed E-state index contributed by atoms with van der Waals surface area (Å²) >= 11 is 0. The van der Waals surface area contributed by atoms with Crippen LogP contribution in [0.1, 0.15) is 45.6 Å². The van der Waals surface area contributed by atoms with Crippen molar-refractivity contribution in [1.29, 1.82) is 5.26 Å². The zero-order chi connectivity index (χ0) is 31.6. The summed E-state index contributed by atoms with van der Waals surface area (Å²) in [5.74, 6) is 0.434. The zero-order valence-electron chi connectivity index (χ0n) is 26.1. The van der Waals surface area contributed by atoms with Gasteiger partial charge in [-0.1, -0.05) is 43.4 Å². The molecule has 1 unspecified atom stereocenters. The molecule has 1 aliphatic carbocycles. The lowest BCUT2D eigenvalue weighted by Gasteiger charge is -2.34. The summed E-state index contributed by atoms with van der Waals surface area (Å²) in [7, 11) is -5.22. The van der Waals surface area contributed by atoms with Gasteiger partial charge in [0, 0.05) is 31.8 Å². The lowest BCUT2D eigenvalue weighted by atomic mass is 9.76. The van der Waals surface area contributed by atoms with E-state index in [1.165, 1.54) is 3.97 Å². The Morgan fingerprint density at radius 2 is 1.80 bits per heavy atom. The van der Waals surface area contributed by atoms with E-state index >= 15 is 0 Å². The molecule has 10 heteroatoms. The van der Waals surface area contributed by atoms with Gasteiger partial charge >= 0.3 is 0 Å². The van der Waals surface area contributed by atoms with E-state index in [0.29, 0.717) is 52.9 Å². The van der Waals surface area contributed by atoms with E-state index in [9.17, 15) is 18.8 Å². The second-order valence-electron chi connectivity index (χ2n) is 13.3. The fourth-order valence-corrected chi connectivity index (χ4v) is 8.62. The van der Waals surface area contributed by atoms with Crippen molar-refractivity contribution in [2.75, 3.05) is 6.61 Å². The number of imidazole rings is 1. The molecule has 1 N–H and O–H groups in total. The summed E-state index contributed by atoms with van der Waals surface area (Å²) in [6, 6.07) is 17.3. The fraction of sp³-hybridized carbons (Fsp3) is 0.353. The van der Waals surface area contributed by atoms with Gasteiger partial charge in [0.15, 0.2) is 0 Å². The Morgan fingerprint density at radius 3 is 2.48 bits per heavy atom. The molecular weight excluding hydrogens is 589 g/mol. The molecule has 3 aromatic carbocycles. The lowest BCUT2D eigenvalue weighted by molar-refractivity contribution is 0.0379. The molecule has 0 aliphatic heterocycles. The predicted molar refractivity (Wildman–Crippen MR) is 175 cm³/mol. The molecule has 2 heterocycles. The molecule has 5 aromatic rings. The van der Waals surface area contributed by atoms with Gasteiger partial charge in [0.25, 0.3) is 10.0 Å². The van der Waals surface area contributed by atoms with Crippen molar-refractivity contribution >= 4 is 40.0 Å². The highest BCUT2D eigenvalue weighted by molar-refractivity contribution is 7.90. The van der Waals surface area contributed by atoms with Crippen LogP contribution in [0.4, 0.5) is 0 Å². The van der Waals surface area contributed by atoms with E-state index in [-0.39, 0.29) is 11.6 Å². The van der Waals surface area contributed by atoms with Crippen LogP contribution in [0.3, 0.4) is 0 Å². The quantitative estimate of drug-likeness (QED) is 0.155. The third-order valence-electron chi connectivity index (χ3n) is 8.71. The largest absolute Gasteiger partial charge is 0.377 e. The minimum Gasteiger partial charge on any atom is -0.377 e. The molecule has 0 bridgehead atoms. The summed E-state index contributed by atoms with van der Waals surface area (Å²) in [5, 5.41) is 23.2. The Hall–Kier alpha value is -3.75. The van der Waals surface area contributed by atoms with Crippen LogP contribution < -0.4 is 0 Å². The minimum atomic E-state index is -3.89. The van der Waals surface area contributed by atoms with Crippen molar-refractivity contribution in [1.82, 2.24) is 13.5 Å².